The molecule has 3 rings (SSSR count). The molecule has 2 aliphatic rings. The number of aromatic nitrogens is 2. The third kappa shape index (κ3) is 4.41. The lowest BCUT2D eigenvalue weighted by Crippen LogP contribution is -2.65. The molecule has 11 heteroatoms. The third-order valence-electron chi connectivity index (χ3n) is 6.72. The Hall–Kier alpha value is -0.566. The number of ether oxygens (including phenoxy) is 1. The van der Waals surface area contributed by atoms with Gasteiger partial charge in [-0.1, -0.05) is 71.3 Å². The predicted molar refractivity (Wildman–Crippen MR) is 132 cm³/mol. The minimum atomic E-state index is -2.78. The second kappa shape index (κ2) is 9.59. The van der Waals surface area contributed by atoms with E-state index in [1.54, 1.807) is 0 Å². The molecule has 4 atom stereocenters. The van der Waals surface area contributed by atoms with Crippen LogP contribution in [0.4, 0.5) is 0 Å². The molecule has 0 saturated carbocycles. The SMILES string of the molecule is CC(C)[Si]1(C(C)C)OC[C@H]2O[C@@H](n3ccc(=O)[nH]c3=O)C(Br)[C@@H]2O[Si](C(C)C)(C(C)C)O1. The molecule has 2 saturated heterocycles. The molecular weight excluding hydrogens is 512 g/mol. The van der Waals surface area contributed by atoms with E-state index in [1.807, 2.05) is 0 Å². The summed E-state index contributed by atoms with van der Waals surface area (Å²) in [5.41, 5.74) is -0.0723. The number of rotatable bonds is 5. The van der Waals surface area contributed by atoms with Gasteiger partial charge in [-0.25, -0.2) is 4.79 Å². The van der Waals surface area contributed by atoms with Gasteiger partial charge in [0, 0.05) is 12.3 Å². The van der Waals surface area contributed by atoms with Crippen LogP contribution in [-0.4, -0.2) is 50.3 Å². The Labute approximate surface area is 200 Å². The van der Waals surface area contributed by atoms with E-state index in [9.17, 15) is 9.59 Å². The smallest absolute Gasteiger partial charge is 0.335 e. The fourth-order valence-corrected chi connectivity index (χ4v) is 17.2. The molecule has 1 unspecified atom stereocenters. The number of nitrogens with zero attached hydrogens (tertiary/aromatic N) is 1. The summed E-state index contributed by atoms with van der Waals surface area (Å²) in [6, 6.07) is 1.32. The van der Waals surface area contributed by atoms with Gasteiger partial charge < -0.3 is 17.7 Å². The summed E-state index contributed by atoms with van der Waals surface area (Å²) in [6.45, 7) is 17.7. The zero-order chi connectivity index (χ0) is 24.0. The monoisotopic (exact) mass is 548 g/mol. The summed E-state index contributed by atoms with van der Waals surface area (Å²) in [4.78, 5) is 26.0. The highest BCUT2D eigenvalue weighted by Crippen LogP contribution is 2.49. The third-order valence-corrected chi connectivity index (χ3v) is 17.9. The van der Waals surface area contributed by atoms with Crippen molar-refractivity contribution in [1.82, 2.24) is 9.55 Å². The number of halogens is 1. The maximum Gasteiger partial charge on any atom is 0.335 e. The van der Waals surface area contributed by atoms with Crippen LogP contribution in [0.3, 0.4) is 0 Å². The molecule has 182 valence electrons. The molecule has 0 amide bonds. The van der Waals surface area contributed by atoms with E-state index >= 15 is 0 Å². The lowest BCUT2D eigenvalue weighted by Gasteiger charge is -2.51. The summed E-state index contributed by atoms with van der Waals surface area (Å²) in [5, 5.41) is 0. The molecular formula is C21H37BrN2O6Si2. The van der Waals surface area contributed by atoms with Crippen molar-refractivity contribution in [3.63, 3.8) is 0 Å². The molecule has 2 fully saturated rings. The quantitative estimate of drug-likeness (QED) is 0.438. The number of fused-ring (bicyclic) bond motifs is 1. The van der Waals surface area contributed by atoms with E-state index in [2.05, 4.69) is 76.3 Å². The zero-order valence-corrected chi connectivity index (χ0v) is 23.8. The van der Waals surface area contributed by atoms with Gasteiger partial charge in [-0.3, -0.25) is 14.3 Å². The first-order valence-corrected chi connectivity index (χ1v) is 16.3. The summed E-state index contributed by atoms with van der Waals surface area (Å²) in [6.07, 6.45) is 0.131. The van der Waals surface area contributed by atoms with Crippen LogP contribution in [0.25, 0.3) is 0 Å². The number of nitrogens with one attached hydrogen (secondary N) is 1. The first-order chi connectivity index (χ1) is 14.9. The zero-order valence-electron chi connectivity index (χ0n) is 20.3. The van der Waals surface area contributed by atoms with Gasteiger partial charge in [-0.05, 0) is 22.2 Å². The molecule has 3 heterocycles. The summed E-state index contributed by atoms with van der Waals surface area (Å²) >= 11 is 3.75. The van der Waals surface area contributed by atoms with Gasteiger partial charge in [-0.15, -0.1) is 0 Å². The van der Waals surface area contributed by atoms with Crippen molar-refractivity contribution < 1.29 is 17.7 Å². The number of hydrogen-bond acceptors (Lipinski definition) is 6. The van der Waals surface area contributed by atoms with Crippen LogP contribution >= 0.6 is 15.9 Å². The number of alkyl halides is 1. The highest BCUT2D eigenvalue weighted by molar-refractivity contribution is 9.09. The molecule has 32 heavy (non-hydrogen) atoms. The molecule has 0 spiro atoms. The summed E-state index contributed by atoms with van der Waals surface area (Å²) < 4.78 is 28.7. The number of hydrogen-bond donors (Lipinski definition) is 1. The first-order valence-electron chi connectivity index (χ1n) is 11.5. The normalized spacial score (nSPS) is 30.0. The second-order valence-electron chi connectivity index (χ2n) is 10.1. The van der Waals surface area contributed by atoms with Crippen molar-refractivity contribution in [3.05, 3.63) is 33.1 Å². The van der Waals surface area contributed by atoms with Gasteiger partial charge in [0.25, 0.3) is 5.56 Å². The van der Waals surface area contributed by atoms with Crippen LogP contribution in [0, 0.1) is 0 Å². The van der Waals surface area contributed by atoms with E-state index in [-0.39, 0.29) is 39.2 Å². The molecule has 0 bridgehead atoms. The molecule has 2 aliphatic heterocycles. The fraction of sp³-hybridized carbons (Fsp3) is 0.810. The van der Waals surface area contributed by atoms with Crippen molar-refractivity contribution in [2.75, 3.05) is 6.61 Å². The van der Waals surface area contributed by atoms with E-state index in [4.69, 9.17) is 17.7 Å². The standard InChI is InChI=1S/C21H37BrN2O6Si2/c1-12(2)31(13(3)4)27-11-16-19(29-32(30-31,14(5)6)15(7)8)18(22)20(28-16)24-10-9-17(25)23-21(24)26/h9-10,12-16,18-20H,11H2,1-8H3,(H,23,25,26)/t16-,18?,19-,20-/m1/s1. The Kier molecular flexibility index (Phi) is 7.81. The number of H-pyrrole nitrogens is 1. The molecule has 0 radical (unpaired) electrons. The van der Waals surface area contributed by atoms with Gasteiger partial charge in [-0.2, -0.15) is 0 Å². The van der Waals surface area contributed by atoms with Gasteiger partial charge in [0.15, 0.2) is 6.23 Å². The average Bonchev–Trinajstić information content (AvgIpc) is 2.96. The van der Waals surface area contributed by atoms with Crippen molar-refractivity contribution in [2.24, 2.45) is 0 Å². The largest absolute Gasteiger partial charge is 0.414 e. The fourth-order valence-electron chi connectivity index (χ4n) is 4.96. The Morgan fingerprint density at radius 2 is 1.56 bits per heavy atom. The highest BCUT2D eigenvalue weighted by atomic mass is 79.9. The van der Waals surface area contributed by atoms with Crippen LogP contribution < -0.4 is 11.2 Å². The van der Waals surface area contributed by atoms with Crippen molar-refractivity contribution in [2.45, 2.75) is 101 Å². The Bertz CT molecular complexity index is 902. The molecule has 8 nitrogen and oxygen atoms in total. The van der Waals surface area contributed by atoms with Crippen molar-refractivity contribution in [3.8, 4) is 0 Å². The maximum atomic E-state index is 12.5. The number of aromatic amines is 1. The topological polar surface area (TPSA) is 91.8 Å². The second-order valence-corrected chi connectivity index (χ2v) is 20.0. The van der Waals surface area contributed by atoms with Crippen molar-refractivity contribution >= 4 is 33.1 Å². The Balaban J connectivity index is 2.08. The molecule has 0 aliphatic carbocycles. The predicted octanol–water partition coefficient (Wildman–Crippen LogP) is 4.15. The van der Waals surface area contributed by atoms with E-state index in [0.29, 0.717) is 6.61 Å². The van der Waals surface area contributed by atoms with Gasteiger partial charge >= 0.3 is 22.8 Å². The lowest BCUT2D eigenvalue weighted by molar-refractivity contribution is -0.0565. The van der Waals surface area contributed by atoms with Crippen LogP contribution in [0.1, 0.15) is 61.6 Å². The highest BCUT2D eigenvalue weighted by Gasteiger charge is 2.61. The Morgan fingerprint density at radius 3 is 2.06 bits per heavy atom. The van der Waals surface area contributed by atoms with Crippen LogP contribution in [0.5, 0.6) is 0 Å². The maximum absolute atomic E-state index is 12.5. The minimum Gasteiger partial charge on any atom is -0.414 e. The summed E-state index contributed by atoms with van der Waals surface area (Å²) in [7, 11) is -5.44. The van der Waals surface area contributed by atoms with Gasteiger partial charge in [0.05, 0.1) is 17.5 Å². The van der Waals surface area contributed by atoms with Crippen LogP contribution in [0.15, 0.2) is 21.9 Å². The van der Waals surface area contributed by atoms with Crippen LogP contribution in [-0.2, 0) is 17.7 Å². The minimum absolute atomic E-state index is 0.198. The molecule has 1 aromatic heterocycles. The van der Waals surface area contributed by atoms with E-state index < -0.39 is 34.6 Å². The molecule has 1 aromatic rings. The summed E-state index contributed by atoms with van der Waals surface area (Å²) in [5.74, 6) is 0. The first kappa shape index (κ1) is 26.0. The lowest BCUT2D eigenvalue weighted by atomic mass is 10.2. The molecule has 1 N–H and O–H groups in total. The Morgan fingerprint density at radius 1 is 1.00 bits per heavy atom. The van der Waals surface area contributed by atoms with Crippen molar-refractivity contribution in [1.29, 1.82) is 0 Å². The van der Waals surface area contributed by atoms with E-state index in [0.717, 1.165) is 0 Å². The molecule has 0 aromatic carbocycles. The van der Waals surface area contributed by atoms with Gasteiger partial charge in [0.1, 0.15) is 6.10 Å². The average molecular weight is 550 g/mol. The van der Waals surface area contributed by atoms with Crippen LogP contribution in [0.2, 0.25) is 22.2 Å². The van der Waals surface area contributed by atoms with E-state index in [1.165, 1.54) is 16.8 Å². The van der Waals surface area contributed by atoms with Gasteiger partial charge in [0.2, 0.25) is 0 Å².